The van der Waals surface area contributed by atoms with Crippen LogP contribution in [-0.4, -0.2) is 47.6 Å². The van der Waals surface area contributed by atoms with E-state index < -0.39 is 24.3 Å². The fourth-order valence-corrected chi connectivity index (χ4v) is 5.51. The summed E-state index contributed by atoms with van der Waals surface area (Å²) in [5.41, 5.74) is 9.28. The highest BCUT2D eigenvalue weighted by atomic mass is 19.3. The van der Waals surface area contributed by atoms with Crippen molar-refractivity contribution in [1.29, 1.82) is 0 Å². The molecular weight excluding hydrogens is 499 g/mol. The Kier molecular flexibility index (Phi) is 4.87. The van der Waals surface area contributed by atoms with Crippen molar-refractivity contribution >= 4 is 28.3 Å². The van der Waals surface area contributed by atoms with Crippen LogP contribution in [0, 0.1) is 5.82 Å². The number of nitrogen functional groups attached to an aromatic ring is 1. The van der Waals surface area contributed by atoms with Gasteiger partial charge < -0.3 is 15.4 Å². The highest BCUT2D eigenvalue weighted by molar-refractivity contribution is 5.99. The highest BCUT2D eigenvalue weighted by Crippen LogP contribution is 2.46. The van der Waals surface area contributed by atoms with Gasteiger partial charge in [0, 0.05) is 29.9 Å². The first-order valence-electron chi connectivity index (χ1n) is 12.0. The Labute approximate surface area is 213 Å². The molecule has 0 bridgehead atoms. The predicted molar refractivity (Wildman–Crippen MR) is 131 cm³/mol. The predicted octanol–water partition coefficient (Wildman–Crippen LogP) is 4.60. The van der Waals surface area contributed by atoms with Crippen molar-refractivity contribution in [2.45, 2.75) is 31.5 Å². The van der Waals surface area contributed by atoms with Crippen molar-refractivity contribution < 1.29 is 22.7 Å². The second kappa shape index (κ2) is 8.20. The summed E-state index contributed by atoms with van der Waals surface area (Å²) in [7, 11) is 0. The maximum absolute atomic E-state index is 15.3. The third kappa shape index (κ3) is 3.32. The number of hydrogen-bond donors (Lipinski definition) is 1. The van der Waals surface area contributed by atoms with Gasteiger partial charge in [-0.05, 0) is 30.5 Å². The number of ether oxygens (including phenoxy) is 1. The summed E-state index contributed by atoms with van der Waals surface area (Å²) in [4.78, 5) is 23.8. The van der Waals surface area contributed by atoms with E-state index in [-0.39, 0.29) is 17.5 Å². The quantitative estimate of drug-likeness (QED) is 0.374. The molecule has 2 N–H and O–H groups in total. The van der Waals surface area contributed by atoms with Crippen molar-refractivity contribution in [2.24, 2.45) is 0 Å². The minimum atomic E-state index is -2.73. The molecule has 2 aliphatic heterocycles. The molecule has 2 aromatic carbocycles. The Morgan fingerprint density at radius 3 is 2.82 bits per heavy atom. The normalized spacial score (nSPS) is 18.7. The molecule has 0 spiro atoms. The van der Waals surface area contributed by atoms with E-state index in [0.29, 0.717) is 51.1 Å². The van der Waals surface area contributed by atoms with Gasteiger partial charge in [0.1, 0.15) is 29.0 Å². The molecule has 192 valence electrons. The summed E-state index contributed by atoms with van der Waals surface area (Å²) in [5.74, 6) is -0.363. The number of alkyl halides is 2. The zero-order chi connectivity index (χ0) is 26.1. The summed E-state index contributed by atoms with van der Waals surface area (Å²) in [5, 5.41) is 3.70. The van der Waals surface area contributed by atoms with Crippen molar-refractivity contribution in [2.75, 3.05) is 12.3 Å². The molecular formula is C26H20F3N7O2. The van der Waals surface area contributed by atoms with Crippen molar-refractivity contribution in [3.8, 4) is 16.9 Å². The van der Waals surface area contributed by atoms with Crippen LogP contribution in [0.25, 0.3) is 27.7 Å². The van der Waals surface area contributed by atoms with Gasteiger partial charge in [-0.2, -0.15) is 13.9 Å². The van der Waals surface area contributed by atoms with Crippen LogP contribution in [-0.2, 0) is 0 Å². The highest BCUT2D eigenvalue weighted by Gasteiger charge is 2.43. The van der Waals surface area contributed by atoms with E-state index in [0.717, 1.165) is 12.0 Å². The van der Waals surface area contributed by atoms with E-state index in [4.69, 9.17) is 10.5 Å². The molecule has 12 heteroatoms. The minimum absolute atomic E-state index is 0.0794. The fourth-order valence-electron chi connectivity index (χ4n) is 5.51. The monoisotopic (exact) mass is 519 g/mol. The number of fused-ring (bicyclic) bond motifs is 6. The molecule has 1 saturated heterocycles. The van der Waals surface area contributed by atoms with E-state index in [1.165, 1.54) is 24.5 Å². The lowest BCUT2D eigenvalue weighted by atomic mass is 9.92. The summed E-state index contributed by atoms with van der Waals surface area (Å²) < 4.78 is 49.7. The summed E-state index contributed by atoms with van der Waals surface area (Å²) in [6.45, 7) is -2.30. The first-order valence-corrected chi connectivity index (χ1v) is 12.0. The van der Waals surface area contributed by atoms with Gasteiger partial charge in [0.15, 0.2) is 0 Å². The summed E-state index contributed by atoms with van der Waals surface area (Å²) in [6, 6.07) is 7.68. The number of nitrogens with zero attached hydrogens (tertiary/aromatic N) is 6. The maximum atomic E-state index is 15.3. The lowest BCUT2D eigenvalue weighted by Gasteiger charge is -2.36. The number of anilines is 1. The van der Waals surface area contributed by atoms with Gasteiger partial charge in [0.2, 0.25) is 0 Å². The van der Waals surface area contributed by atoms with E-state index >= 15 is 4.39 Å². The first kappa shape index (κ1) is 22.6. The summed E-state index contributed by atoms with van der Waals surface area (Å²) in [6.07, 6.45) is 6.85. The number of carbonyl (C=O) groups is 1. The number of aromatic nitrogens is 5. The largest absolute Gasteiger partial charge is 0.488 e. The number of benzene rings is 2. The number of rotatable bonds is 3. The number of hydrogen-bond acceptors (Lipinski definition) is 6. The van der Waals surface area contributed by atoms with E-state index in [2.05, 4.69) is 15.1 Å². The smallest absolute Gasteiger partial charge is 0.333 e. The van der Waals surface area contributed by atoms with Crippen molar-refractivity contribution in [1.82, 2.24) is 29.0 Å². The van der Waals surface area contributed by atoms with Gasteiger partial charge in [-0.15, -0.1) is 0 Å². The van der Waals surface area contributed by atoms with Crippen LogP contribution in [0.1, 0.15) is 41.4 Å². The molecule has 5 aromatic rings. The number of carbonyl (C=O) groups excluding carboxylic acids is 1. The Morgan fingerprint density at radius 2 is 2.00 bits per heavy atom. The molecule has 0 aliphatic carbocycles. The summed E-state index contributed by atoms with van der Waals surface area (Å²) >= 11 is 0. The second-order valence-corrected chi connectivity index (χ2v) is 9.45. The van der Waals surface area contributed by atoms with E-state index in [1.54, 1.807) is 34.0 Å². The van der Waals surface area contributed by atoms with Crippen LogP contribution in [0.3, 0.4) is 0 Å². The van der Waals surface area contributed by atoms with Crippen molar-refractivity contribution in [3.05, 3.63) is 72.2 Å². The molecule has 0 unspecified atom stereocenters. The van der Waals surface area contributed by atoms with E-state index in [1.807, 2.05) is 6.07 Å². The molecule has 0 saturated carbocycles. The number of imidazole rings is 1. The molecule has 3 aromatic heterocycles. The zero-order valence-electron chi connectivity index (χ0n) is 19.8. The Balaban J connectivity index is 1.26. The zero-order valence-corrected chi connectivity index (χ0v) is 19.8. The standard InChI is InChI=1S/C26H20F3N7O2/c27-17-8-18-19(35-12-31-10-20(35)24(30)33-18)7-16(17)25(37)34-5-1-2-21-23(34)15-4-3-13(6-22(15)38-21)14-9-32-36(11-14)26(28)29/h3-4,6-12,21,23,26H,1-2,5H2,(H2,30,33)/t21-,23-/m0/s1. The van der Waals surface area contributed by atoms with Gasteiger partial charge in [-0.3, -0.25) is 9.20 Å². The average molecular weight is 519 g/mol. The third-order valence-corrected chi connectivity index (χ3v) is 7.28. The fraction of sp³-hybridized carbons (Fsp3) is 0.231. The molecule has 2 atom stereocenters. The number of nitrogens with two attached hydrogens (primary N) is 1. The van der Waals surface area contributed by atoms with Crippen LogP contribution >= 0.6 is 0 Å². The van der Waals surface area contributed by atoms with Crippen LogP contribution in [0.2, 0.25) is 0 Å². The maximum Gasteiger partial charge on any atom is 0.333 e. The number of likely N-dealkylation sites (tertiary alicyclic amines) is 1. The molecule has 1 amide bonds. The number of piperidine rings is 1. The second-order valence-electron chi connectivity index (χ2n) is 9.45. The van der Waals surface area contributed by atoms with E-state index in [9.17, 15) is 13.6 Å². The lowest BCUT2D eigenvalue weighted by molar-refractivity contribution is 0.0361. The van der Waals surface area contributed by atoms with Crippen LogP contribution in [0.4, 0.5) is 19.0 Å². The molecule has 0 radical (unpaired) electrons. The topological polar surface area (TPSA) is 104 Å². The van der Waals surface area contributed by atoms with Gasteiger partial charge in [-0.25, -0.2) is 19.0 Å². The van der Waals surface area contributed by atoms with Crippen LogP contribution < -0.4 is 10.5 Å². The average Bonchev–Trinajstić information content (AvgIpc) is 3.66. The molecule has 7 rings (SSSR count). The van der Waals surface area contributed by atoms with Gasteiger partial charge in [-0.1, -0.05) is 12.1 Å². The van der Waals surface area contributed by atoms with Gasteiger partial charge >= 0.3 is 6.55 Å². The SMILES string of the molecule is Nc1nc2cc(F)c(C(=O)N3CCC[C@@H]4Oc5cc(-c6cnn(C(F)F)c6)ccc5[C@@H]43)cc2n2cncc12. The third-order valence-electron chi connectivity index (χ3n) is 7.28. The molecule has 1 fully saturated rings. The number of amides is 1. The van der Waals surface area contributed by atoms with Crippen molar-refractivity contribution in [3.63, 3.8) is 0 Å². The van der Waals surface area contributed by atoms with Crippen LogP contribution in [0.15, 0.2) is 55.2 Å². The molecule has 38 heavy (non-hydrogen) atoms. The Bertz CT molecular complexity index is 1750. The lowest BCUT2D eigenvalue weighted by Crippen LogP contribution is -2.44. The Morgan fingerprint density at radius 1 is 1.13 bits per heavy atom. The number of halogens is 3. The molecule has 2 aliphatic rings. The molecule has 5 heterocycles. The van der Waals surface area contributed by atoms with Gasteiger partial charge in [0.05, 0.1) is 41.4 Å². The first-order chi connectivity index (χ1) is 18.4. The van der Waals surface area contributed by atoms with Gasteiger partial charge in [0.25, 0.3) is 5.91 Å². The molecule has 9 nitrogen and oxygen atoms in total. The van der Waals surface area contributed by atoms with Crippen LogP contribution in [0.5, 0.6) is 5.75 Å². The minimum Gasteiger partial charge on any atom is -0.488 e. The Hall–Kier alpha value is -4.61.